The van der Waals surface area contributed by atoms with Crippen LogP contribution in [0.15, 0.2) is 24.5 Å². The lowest BCUT2D eigenvalue weighted by atomic mass is 10.1. The number of rotatable bonds is 5. The van der Waals surface area contributed by atoms with Crippen LogP contribution in [-0.2, 0) is 13.2 Å². The maximum absolute atomic E-state index is 9.53. The van der Waals surface area contributed by atoms with Gasteiger partial charge in [-0.3, -0.25) is 0 Å². The van der Waals surface area contributed by atoms with Crippen LogP contribution in [0.4, 0.5) is 0 Å². The van der Waals surface area contributed by atoms with E-state index in [0.29, 0.717) is 6.61 Å². The second-order valence-corrected chi connectivity index (χ2v) is 4.48. The largest absolute Gasteiger partial charge is 0.485 e. The fraction of sp³-hybridized carbons (Fsp3) is 0.429. The smallest absolute Gasteiger partial charge is 0.164 e. The first-order valence-electron chi connectivity index (χ1n) is 6.40. The monoisotopic (exact) mass is 261 g/mol. The van der Waals surface area contributed by atoms with E-state index >= 15 is 0 Å². The van der Waals surface area contributed by atoms with Crippen molar-refractivity contribution < 1.29 is 9.84 Å². The minimum absolute atomic E-state index is 0.392. The number of hydrogen-bond donors (Lipinski definition) is 1. The minimum atomic E-state index is -0.462. The Morgan fingerprint density at radius 1 is 1.42 bits per heavy atom. The molecule has 1 unspecified atom stereocenters. The lowest BCUT2D eigenvalue weighted by molar-refractivity contribution is 0.199. The number of aliphatic hydroxyl groups is 1. The van der Waals surface area contributed by atoms with Gasteiger partial charge in [0.1, 0.15) is 18.7 Å². The molecule has 0 bridgehead atoms. The van der Waals surface area contributed by atoms with Crippen molar-refractivity contribution >= 4 is 0 Å². The van der Waals surface area contributed by atoms with Crippen LogP contribution in [0.25, 0.3) is 0 Å². The highest BCUT2D eigenvalue weighted by atomic mass is 16.5. The summed E-state index contributed by atoms with van der Waals surface area (Å²) in [6, 6.07) is 5.69. The SMILES string of the molecule is CCn1ncnc1COc1ccc(C(C)O)cc1C. The van der Waals surface area contributed by atoms with E-state index in [1.807, 2.05) is 32.0 Å². The molecule has 1 aromatic carbocycles. The number of benzene rings is 1. The third-order valence-corrected chi connectivity index (χ3v) is 3.03. The number of hydrogen-bond acceptors (Lipinski definition) is 4. The molecule has 0 aliphatic heterocycles. The molecule has 1 N–H and O–H groups in total. The summed E-state index contributed by atoms with van der Waals surface area (Å²) in [7, 11) is 0. The predicted octanol–water partition coefficient (Wildman–Crippen LogP) is 2.24. The highest BCUT2D eigenvalue weighted by molar-refractivity contribution is 5.36. The third-order valence-electron chi connectivity index (χ3n) is 3.03. The van der Waals surface area contributed by atoms with E-state index in [1.54, 1.807) is 11.6 Å². The molecule has 0 amide bonds. The molecular weight excluding hydrogens is 242 g/mol. The van der Waals surface area contributed by atoms with E-state index < -0.39 is 6.10 Å². The Hall–Kier alpha value is -1.88. The van der Waals surface area contributed by atoms with E-state index in [1.165, 1.54) is 6.33 Å². The van der Waals surface area contributed by atoms with Gasteiger partial charge in [-0.05, 0) is 44.0 Å². The summed E-state index contributed by atoms with van der Waals surface area (Å²) in [6.07, 6.45) is 1.07. The quantitative estimate of drug-likeness (QED) is 0.896. The molecule has 19 heavy (non-hydrogen) atoms. The first-order valence-corrected chi connectivity index (χ1v) is 6.40. The molecule has 1 aromatic heterocycles. The Morgan fingerprint density at radius 2 is 2.21 bits per heavy atom. The summed E-state index contributed by atoms with van der Waals surface area (Å²) in [6.45, 7) is 6.90. The van der Waals surface area contributed by atoms with Crippen LogP contribution >= 0.6 is 0 Å². The molecule has 0 spiro atoms. The van der Waals surface area contributed by atoms with Crippen LogP contribution < -0.4 is 4.74 Å². The van der Waals surface area contributed by atoms with Crippen LogP contribution in [0.3, 0.4) is 0 Å². The Labute approximate surface area is 112 Å². The van der Waals surface area contributed by atoms with E-state index in [9.17, 15) is 5.11 Å². The number of nitrogens with zero attached hydrogens (tertiary/aromatic N) is 3. The van der Waals surface area contributed by atoms with E-state index in [2.05, 4.69) is 10.1 Å². The molecule has 0 fully saturated rings. The average molecular weight is 261 g/mol. The van der Waals surface area contributed by atoms with Crippen LogP contribution in [0, 0.1) is 6.92 Å². The Morgan fingerprint density at radius 3 is 2.84 bits per heavy atom. The van der Waals surface area contributed by atoms with Crippen molar-refractivity contribution in [2.24, 2.45) is 0 Å². The van der Waals surface area contributed by atoms with Crippen LogP contribution in [0.1, 0.15) is 36.9 Å². The predicted molar refractivity (Wildman–Crippen MR) is 71.8 cm³/mol. The van der Waals surface area contributed by atoms with Crippen molar-refractivity contribution in [3.05, 3.63) is 41.5 Å². The maximum atomic E-state index is 9.53. The molecule has 5 heteroatoms. The zero-order valence-corrected chi connectivity index (χ0v) is 11.5. The first-order chi connectivity index (χ1) is 9.11. The van der Waals surface area contributed by atoms with Gasteiger partial charge in [0, 0.05) is 6.54 Å². The highest BCUT2D eigenvalue weighted by Gasteiger charge is 2.07. The van der Waals surface area contributed by atoms with E-state index in [-0.39, 0.29) is 0 Å². The third kappa shape index (κ3) is 3.12. The maximum Gasteiger partial charge on any atom is 0.164 e. The van der Waals surface area contributed by atoms with Crippen molar-refractivity contribution in [3.63, 3.8) is 0 Å². The lowest BCUT2D eigenvalue weighted by Gasteiger charge is -2.12. The summed E-state index contributed by atoms with van der Waals surface area (Å²) in [5.41, 5.74) is 1.89. The van der Waals surface area contributed by atoms with Gasteiger partial charge in [-0.1, -0.05) is 6.07 Å². The van der Waals surface area contributed by atoms with Crippen molar-refractivity contribution in [3.8, 4) is 5.75 Å². The number of aliphatic hydroxyl groups excluding tert-OH is 1. The summed E-state index contributed by atoms with van der Waals surface area (Å²) < 4.78 is 7.56. The molecule has 5 nitrogen and oxygen atoms in total. The molecule has 0 aliphatic carbocycles. The van der Waals surface area contributed by atoms with Crippen molar-refractivity contribution in [1.82, 2.24) is 14.8 Å². The Bertz CT molecular complexity index is 549. The van der Waals surface area contributed by atoms with Crippen LogP contribution in [-0.4, -0.2) is 19.9 Å². The Kier molecular flexibility index (Phi) is 4.16. The summed E-state index contributed by atoms with van der Waals surface area (Å²) in [5.74, 6) is 1.61. The average Bonchev–Trinajstić information content (AvgIpc) is 2.84. The molecule has 0 aliphatic rings. The van der Waals surface area contributed by atoms with Crippen molar-refractivity contribution in [1.29, 1.82) is 0 Å². The second-order valence-electron chi connectivity index (χ2n) is 4.48. The zero-order chi connectivity index (χ0) is 13.8. The minimum Gasteiger partial charge on any atom is -0.485 e. The van der Waals surface area contributed by atoms with Gasteiger partial charge in [-0.2, -0.15) is 5.10 Å². The van der Waals surface area contributed by atoms with Gasteiger partial charge in [0.15, 0.2) is 5.82 Å². The lowest BCUT2D eigenvalue weighted by Crippen LogP contribution is -2.07. The van der Waals surface area contributed by atoms with Gasteiger partial charge in [0.2, 0.25) is 0 Å². The van der Waals surface area contributed by atoms with Gasteiger partial charge in [-0.25, -0.2) is 9.67 Å². The molecule has 0 radical (unpaired) electrons. The number of aryl methyl sites for hydroxylation is 2. The molecule has 2 rings (SSSR count). The van der Waals surface area contributed by atoms with Crippen LogP contribution in [0.2, 0.25) is 0 Å². The van der Waals surface area contributed by atoms with E-state index in [4.69, 9.17) is 4.74 Å². The summed E-state index contributed by atoms with van der Waals surface area (Å²) in [5, 5.41) is 13.6. The standard InChI is InChI=1S/C14H19N3O2/c1-4-17-14(15-9-16-17)8-19-13-6-5-12(11(3)18)7-10(13)2/h5-7,9,11,18H,4,8H2,1-3H3. The molecule has 2 aromatic rings. The Balaban J connectivity index is 2.08. The zero-order valence-electron chi connectivity index (χ0n) is 11.5. The molecular formula is C14H19N3O2. The first kappa shape index (κ1) is 13.5. The highest BCUT2D eigenvalue weighted by Crippen LogP contribution is 2.23. The van der Waals surface area contributed by atoms with Gasteiger partial charge in [0.25, 0.3) is 0 Å². The topological polar surface area (TPSA) is 60.2 Å². The molecule has 1 atom stereocenters. The van der Waals surface area contributed by atoms with E-state index in [0.717, 1.165) is 29.2 Å². The van der Waals surface area contributed by atoms with Gasteiger partial charge in [-0.15, -0.1) is 0 Å². The number of ether oxygens (including phenoxy) is 1. The molecule has 102 valence electrons. The fourth-order valence-electron chi connectivity index (χ4n) is 1.90. The molecule has 1 heterocycles. The number of aromatic nitrogens is 3. The van der Waals surface area contributed by atoms with Crippen molar-refractivity contribution in [2.75, 3.05) is 0 Å². The van der Waals surface area contributed by atoms with Gasteiger partial charge in [0.05, 0.1) is 6.10 Å². The summed E-state index contributed by atoms with van der Waals surface area (Å²) in [4.78, 5) is 4.16. The van der Waals surface area contributed by atoms with Crippen LogP contribution in [0.5, 0.6) is 5.75 Å². The molecule has 0 saturated carbocycles. The van der Waals surface area contributed by atoms with Gasteiger partial charge < -0.3 is 9.84 Å². The normalized spacial score (nSPS) is 12.4. The fourth-order valence-corrected chi connectivity index (χ4v) is 1.90. The summed E-state index contributed by atoms with van der Waals surface area (Å²) >= 11 is 0. The molecule has 0 saturated heterocycles. The van der Waals surface area contributed by atoms with Gasteiger partial charge >= 0.3 is 0 Å². The van der Waals surface area contributed by atoms with Crippen molar-refractivity contribution in [2.45, 2.75) is 40.0 Å². The second kappa shape index (κ2) is 5.84.